The van der Waals surface area contributed by atoms with Gasteiger partial charge in [-0.05, 0) is 159 Å². The van der Waals surface area contributed by atoms with Crippen LogP contribution in [0.15, 0.2) is 191 Å². The van der Waals surface area contributed by atoms with E-state index < -0.39 is 17.9 Å². The molecular weight excluding hydrogens is 2020 g/mol. The van der Waals surface area contributed by atoms with Crippen molar-refractivity contribution in [3.8, 4) is 12.0 Å². The number of rotatable bonds is 25. The summed E-state index contributed by atoms with van der Waals surface area (Å²) in [6.45, 7) is 21.5. The van der Waals surface area contributed by atoms with Gasteiger partial charge in [0, 0.05) is 57.0 Å². The van der Waals surface area contributed by atoms with Gasteiger partial charge in [-0.2, -0.15) is 0 Å². The van der Waals surface area contributed by atoms with Gasteiger partial charge in [-0.3, -0.25) is 33.9 Å². The average molecular weight is 2100 g/mol. The van der Waals surface area contributed by atoms with Gasteiger partial charge < -0.3 is 49.3 Å². The number of nitrogens with one attached hydrogen (secondary N) is 4. The van der Waals surface area contributed by atoms with Crippen molar-refractivity contribution >= 4 is 204 Å². The van der Waals surface area contributed by atoms with Crippen LogP contribution in [0.2, 0.25) is 40.6 Å². The Morgan fingerprint density at radius 3 is 1.17 bits per heavy atom. The van der Waals surface area contributed by atoms with Gasteiger partial charge in [-0.1, -0.05) is 212 Å². The molecule has 0 bridgehead atoms. The zero-order valence-electron chi connectivity index (χ0n) is 70.2. The first kappa shape index (κ1) is 109. The SMILES string of the molecule is CCNc1nc(C(=O)O)nc(C)c1Sc1ccccc1Cl.CCOc1nc(C)c(I)c(=O)[nH]1.CCOc1nc(C)cc(=O)[nH]1.COC(=O)CC(C)=O.COCc1nc(C)c(Sc2ccccc2Cl)c(=O)[nH]1.COCc1nc(C)c(Sc2ccccc2Cl)c(Cl)n1.Cc1nc(C(=O)O)nc(Cl)c1Sc1ccccc1Cl.Cc1nc(CO)nc(Cl)c1Sc1ccccc1Cl. The molecule has 0 aliphatic heterocycles. The first-order valence-corrected chi connectivity index (χ1v) is 45.2. The summed E-state index contributed by atoms with van der Waals surface area (Å²) in [6.07, 6.45) is -0.115. The second kappa shape index (κ2) is 56.6. The number of carboxylic acids is 2. The minimum absolute atomic E-state index is 0.106. The van der Waals surface area contributed by atoms with E-state index >= 15 is 0 Å². The molecule has 0 saturated carbocycles. The molecule has 674 valence electrons. The van der Waals surface area contributed by atoms with Crippen LogP contribution in [-0.4, -0.2) is 150 Å². The van der Waals surface area contributed by atoms with Crippen LogP contribution < -0.4 is 31.5 Å². The predicted molar refractivity (Wildman–Crippen MR) is 507 cm³/mol. The van der Waals surface area contributed by atoms with Crippen LogP contribution in [0.1, 0.15) is 113 Å². The zero-order valence-corrected chi connectivity index (χ0v) is 82.5. The first-order valence-electron chi connectivity index (χ1n) is 37.1. The number of carboxylic acid groups (broad SMARTS) is 2. The van der Waals surface area contributed by atoms with E-state index in [1.807, 2.05) is 160 Å². The molecule has 0 atom stereocenters. The summed E-state index contributed by atoms with van der Waals surface area (Å²) >= 11 is 57.7. The number of benzene rings is 5. The number of methoxy groups -OCH3 is 3. The van der Waals surface area contributed by atoms with E-state index in [1.54, 1.807) is 67.0 Å². The number of H-pyrrole nitrogens is 3. The van der Waals surface area contributed by atoms with Gasteiger partial charge in [-0.25, -0.2) is 64.4 Å². The largest absolute Gasteiger partial charge is 0.475 e. The maximum atomic E-state index is 12.0. The lowest BCUT2D eigenvalue weighted by atomic mass is 10.3. The van der Waals surface area contributed by atoms with Crippen LogP contribution in [0, 0.1) is 52.0 Å². The van der Waals surface area contributed by atoms with E-state index in [9.17, 15) is 33.6 Å². The lowest BCUT2D eigenvalue weighted by Crippen LogP contribution is -2.16. The standard InChI is InChI=1S/C14H14ClN3O2S.C13H12Cl2N2OS.C13H13ClN2O2S.C12H8Cl2N2O2S.C12H10Cl2N2OS.C7H9IN2O2.C7H10N2O2.C5H8O3/c1-3-16-12-11(8(2)17-13(18-12)14(19)20)21-10-7-5-4-6-9(10)15;1-8-12(13(15)17-11(16-8)7-18-2)19-10-6-4-3-5-9(10)14;1-8-12(13(17)16-11(15-8)7-18-2)19-10-6-4-3-5-9(10)14;1-6-9(10(14)16-11(15-6)12(17)18)19-8-5-3-2-4-7(8)13;1-7-11(12(14)16-10(6-17)15-7)18-9-5-3-2-4-8(9)13;1-3-12-7-9-4(2)5(8)6(11)10-7;1-3-11-7-8-5(2)4-6(10)9-7;1-4(6)3-5(7)8-2/h4-7H,3H2,1-2H3,(H,19,20)(H,16,17,18);3-6H,7H2,1-2H3;3-6H,7H2,1-2H3,(H,15,16,17);2-5H,1H3,(H,17,18);2-5,17H,6H2,1H3;3H2,1-2H3,(H,9,10,11);4H,3H2,1-2H3,(H,8,9,10);3H2,1-2H3. The number of hydrogen-bond donors (Lipinski definition) is 7. The number of ketones is 1. The molecule has 7 N–H and O–H groups in total. The van der Waals surface area contributed by atoms with E-state index in [4.69, 9.17) is 127 Å². The third-order valence-corrected chi connectivity index (χ3v) is 25.9. The van der Waals surface area contributed by atoms with E-state index in [2.05, 4.69) is 79.8 Å². The monoisotopic (exact) mass is 2100 g/mol. The third-order valence-electron chi connectivity index (χ3n) is 14.9. The molecule has 7 aromatic heterocycles. The molecule has 0 aliphatic carbocycles. The van der Waals surface area contributed by atoms with Crippen LogP contribution in [0.5, 0.6) is 12.0 Å². The Labute approximate surface area is 805 Å². The summed E-state index contributed by atoms with van der Waals surface area (Å²) in [7, 11) is 4.41. The minimum atomic E-state index is -1.21. The van der Waals surface area contributed by atoms with Gasteiger partial charge in [0.15, 0.2) is 11.6 Å². The summed E-state index contributed by atoms with van der Waals surface area (Å²) in [6, 6.07) is 39.2. The quantitative estimate of drug-likeness (QED) is 0.0121. The van der Waals surface area contributed by atoms with E-state index in [0.29, 0.717) is 133 Å². The highest BCUT2D eigenvalue weighted by Gasteiger charge is 2.21. The number of aliphatic hydroxyl groups excluding tert-OH is 1. The first-order chi connectivity index (χ1) is 60.4. The van der Waals surface area contributed by atoms with Crippen LogP contribution in [0.25, 0.3) is 0 Å². The number of ether oxygens (including phenoxy) is 5. The fraction of sp³-hybridized carbons (Fsp3) is 0.253. The van der Waals surface area contributed by atoms with Crippen molar-refractivity contribution in [2.75, 3.05) is 46.4 Å². The van der Waals surface area contributed by atoms with Crippen LogP contribution in [0.3, 0.4) is 0 Å². The number of hydrogen-bond acceptors (Lipinski definition) is 30. The minimum Gasteiger partial charge on any atom is -0.475 e. The number of aliphatic hydroxyl groups is 1. The molecule has 127 heavy (non-hydrogen) atoms. The number of aromatic nitrogens is 14. The normalized spacial score (nSPS) is 10.3. The number of esters is 1. The Morgan fingerprint density at radius 2 is 0.819 bits per heavy atom. The highest BCUT2D eigenvalue weighted by Crippen LogP contribution is 2.42. The van der Waals surface area contributed by atoms with Gasteiger partial charge >= 0.3 is 17.9 Å². The second-order valence-electron chi connectivity index (χ2n) is 24.8. The smallest absolute Gasteiger partial charge is 0.374 e. The fourth-order valence-corrected chi connectivity index (χ4v) is 16.3. The van der Waals surface area contributed by atoms with Gasteiger partial charge in [0.1, 0.15) is 59.1 Å². The summed E-state index contributed by atoms with van der Waals surface area (Å²) < 4.78 is 24.8. The molecule has 12 aromatic rings. The number of aromatic amines is 3. The van der Waals surface area contributed by atoms with Crippen LogP contribution >= 0.6 is 174 Å². The molecule has 0 unspecified atom stereocenters. The highest BCUT2D eigenvalue weighted by atomic mass is 127. The van der Waals surface area contributed by atoms with Gasteiger partial charge in [-0.15, -0.1) is 0 Å². The number of Topliss-reactive ketones (excluding diaryl/α,β-unsaturated/α-hetero) is 1. The van der Waals surface area contributed by atoms with Crippen molar-refractivity contribution in [1.29, 1.82) is 0 Å². The maximum absolute atomic E-state index is 12.0. The Morgan fingerprint density at radius 1 is 0.441 bits per heavy atom. The van der Waals surface area contributed by atoms with E-state index in [0.717, 1.165) is 50.6 Å². The molecule has 12 rings (SSSR count). The highest BCUT2D eigenvalue weighted by molar-refractivity contribution is 14.1. The molecule has 0 amide bonds. The average Bonchev–Trinajstić information content (AvgIpc) is 0.824. The van der Waals surface area contributed by atoms with Gasteiger partial charge in [0.25, 0.3) is 28.7 Å². The molecule has 0 saturated heterocycles. The molecule has 0 aliphatic rings. The van der Waals surface area contributed by atoms with Crippen molar-refractivity contribution < 1.29 is 58.2 Å². The Hall–Kier alpha value is -8.78. The Balaban J connectivity index is 0.000000261. The van der Waals surface area contributed by atoms with Gasteiger partial charge in [0.05, 0.1) is 108 Å². The zero-order chi connectivity index (χ0) is 94.1. The molecule has 30 nitrogen and oxygen atoms in total. The second-order valence-corrected chi connectivity index (χ2v) is 34.2. The summed E-state index contributed by atoms with van der Waals surface area (Å²) in [5.41, 5.74) is 4.17. The number of aryl methyl sites for hydroxylation is 7. The molecule has 5 aromatic carbocycles. The van der Waals surface area contributed by atoms with Crippen LogP contribution in [0.4, 0.5) is 5.82 Å². The topological polar surface area (TPSA) is 428 Å². The molecule has 7 heterocycles. The number of carbonyl (C=O) groups excluding carboxylic acids is 2. The molecule has 0 spiro atoms. The number of halogens is 9. The number of nitrogens with zero attached hydrogens (tertiary/aromatic N) is 11. The van der Waals surface area contributed by atoms with Gasteiger partial charge in [0.2, 0.25) is 11.6 Å². The summed E-state index contributed by atoms with van der Waals surface area (Å²) in [5.74, 6) is -1.60. The lowest BCUT2D eigenvalue weighted by Gasteiger charge is -2.13. The van der Waals surface area contributed by atoms with E-state index in [1.165, 1.54) is 78.9 Å². The van der Waals surface area contributed by atoms with Crippen molar-refractivity contribution in [3.63, 3.8) is 0 Å². The molecule has 0 fully saturated rings. The Bertz CT molecular complexity index is 5880. The number of anilines is 1. The summed E-state index contributed by atoms with van der Waals surface area (Å²) in [4.78, 5) is 136. The number of carbonyl (C=O) groups is 4. The summed E-state index contributed by atoms with van der Waals surface area (Å²) in [5, 5.41) is 34.0. The molecule has 44 heteroatoms. The fourth-order valence-electron chi connectivity index (χ4n) is 9.40. The van der Waals surface area contributed by atoms with Crippen molar-refractivity contribution in [2.45, 2.75) is 151 Å². The molecule has 0 radical (unpaired) electrons. The molecular formula is C83H84Cl8IN15O15S5. The van der Waals surface area contributed by atoms with Crippen molar-refractivity contribution in [1.82, 2.24) is 69.8 Å². The Kier molecular flexibility index (Phi) is 48.5. The van der Waals surface area contributed by atoms with Crippen molar-refractivity contribution in [3.05, 3.63) is 272 Å². The van der Waals surface area contributed by atoms with Crippen molar-refractivity contribution in [2.24, 2.45) is 0 Å². The maximum Gasteiger partial charge on any atom is 0.374 e. The third kappa shape index (κ3) is 37.0. The van der Waals surface area contributed by atoms with Crippen LogP contribution in [-0.2, 0) is 43.6 Å². The predicted octanol–water partition coefficient (Wildman–Crippen LogP) is 20.5. The van der Waals surface area contributed by atoms with E-state index in [-0.39, 0.29) is 64.9 Å². The lowest BCUT2D eigenvalue weighted by molar-refractivity contribution is -0.143. The number of aromatic carboxylic acids is 2.